The van der Waals surface area contributed by atoms with Gasteiger partial charge in [-0.05, 0) is 25.7 Å². The highest BCUT2D eigenvalue weighted by atomic mass is 32.2. The van der Waals surface area contributed by atoms with Gasteiger partial charge in [0.25, 0.3) is 0 Å². The van der Waals surface area contributed by atoms with Crippen molar-refractivity contribution in [3.8, 4) is 0 Å². The molecule has 21 heavy (non-hydrogen) atoms. The molecule has 0 unspecified atom stereocenters. The van der Waals surface area contributed by atoms with Crippen molar-refractivity contribution in [1.29, 1.82) is 0 Å². The molecule has 0 atom stereocenters. The Balaban J connectivity index is 1.43. The minimum atomic E-state index is 0.171. The van der Waals surface area contributed by atoms with Crippen molar-refractivity contribution in [3.63, 3.8) is 0 Å². The molecule has 0 radical (unpaired) electrons. The molecule has 4 nitrogen and oxygen atoms in total. The van der Waals surface area contributed by atoms with Crippen molar-refractivity contribution in [3.05, 3.63) is 0 Å². The van der Waals surface area contributed by atoms with Crippen LogP contribution in [0.1, 0.15) is 64.2 Å². The van der Waals surface area contributed by atoms with E-state index in [0.29, 0.717) is 24.9 Å². The molecule has 120 valence electrons. The van der Waals surface area contributed by atoms with Crippen LogP contribution in [-0.4, -0.2) is 35.4 Å². The molecule has 2 fully saturated rings. The molecule has 0 aromatic rings. The minimum Gasteiger partial charge on any atom is -0.353 e. The Morgan fingerprint density at radius 1 is 0.762 bits per heavy atom. The van der Waals surface area contributed by atoms with E-state index in [9.17, 15) is 9.59 Å². The molecule has 0 saturated heterocycles. The summed E-state index contributed by atoms with van der Waals surface area (Å²) in [6.07, 6.45) is 10.7. The Kier molecular flexibility index (Phi) is 7.41. The van der Waals surface area contributed by atoms with Crippen LogP contribution in [0.4, 0.5) is 0 Å². The molecule has 2 saturated carbocycles. The van der Waals surface area contributed by atoms with Gasteiger partial charge in [-0.25, -0.2) is 0 Å². The maximum atomic E-state index is 11.7. The summed E-state index contributed by atoms with van der Waals surface area (Å²) in [6.45, 7) is 0. The lowest BCUT2D eigenvalue weighted by Crippen LogP contribution is -2.33. The fourth-order valence-electron chi connectivity index (χ4n) is 3.17. The lowest BCUT2D eigenvalue weighted by Gasteiger charge is -2.12. The number of hydrogen-bond acceptors (Lipinski definition) is 3. The molecule has 5 heteroatoms. The number of hydrogen-bond donors (Lipinski definition) is 2. The molecule has 0 bridgehead atoms. The van der Waals surface area contributed by atoms with E-state index < -0.39 is 0 Å². The first-order valence-electron chi connectivity index (χ1n) is 8.40. The highest BCUT2D eigenvalue weighted by Crippen LogP contribution is 2.18. The van der Waals surface area contributed by atoms with Crippen LogP contribution in [0.3, 0.4) is 0 Å². The van der Waals surface area contributed by atoms with E-state index in [1.165, 1.54) is 25.7 Å². The Morgan fingerprint density at radius 3 is 1.52 bits per heavy atom. The monoisotopic (exact) mass is 312 g/mol. The SMILES string of the molecule is O=C(CCSCCC(=O)NC1CCCC1)NC1CCCC1. The third-order valence-electron chi connectivity index (χ3n) is 4.39. The number of rotatable bonds is 8. The van der Waals surface area contributed by atoms with Crippen LogP contribution >= 0.6 is 11.8 Å². The Hall–Kier alpha value is -0.710. The largest absolute Gasteiger partial charge is 0.353 e. The molecule has 2 amide bonds. The Bertz CT molecular complexity index is 305. The topological polar surface area (TPSA) is 58.2 Å². The average molecular weight is 312 g/mol. The highest BCUT2D eigenvalue weighted by Gasteiger charge is 2.17. The van der Waals surface area contributed by atoms with Crippen molar-refractivity contribution < 1.29 is 9.59 Å². The van der Waals surface area contributed by atoms with E-state index in [0.717, 1.165) is 37.2 Å². The summed E-state index contributed by atoms with van der Waals surface area (Å²) in [5, 5.41) is 6.19. The van der Waals surface area contributed by atoms with Gasteiger partial charge in [-0.1, -0.05) is 25.7 Å². The Morgan fingerprint density at radius 2 is 1.14 bits per heavy atom. The molecule has 2 rings (SSSR count). The molecule has 2 aliphatic rings. The lowest BCUT2D eigenvalue weighted by atomic mass is 10.2. The molecule has 0 aromatic heterocycles. The summed E-state index contributed by atoms with van der Waals surface area (Å²) in [5.41, 5.74) is 0. The van der Waals surface area contributed by atoms with Gasteiger partial charge in [0, 0.05) is 36.4 Å². The van der Waals surface area contributed by atoms with Crippen LogP contribution in [0.25, 0.3) is 0 Å². The maximum absolute atomic E-state index is 11.7. The second-order valence-corrected chi connectivity index (χ2v) is 7.43. The van der Waals surface area contributed by atoms with Crippen LogP contribution in [0.15, 0.2) is 0 Å². The van der Waals surface area contributed by atoms with Crippen molar-refractivity contribution >= 4 is 23.6 Å². The van der Waals surface area contributed by atoms with E-state index in [1.807, 2.05) is 0 Å². The molecule has 2 N–H and O–H groups in total. The molecule has 0 heterocycles. The first-order valence-corrected chi connectivity index (χ1v) is 9.56. The van der Waals surface area contributed by atoms with Gasteiger partial charge in [0.1, 0.15) is 0 Å². The van der Waals surface area contributed by atoms with Gasteiger partial charge in [0.15, 0.2) is 0 Å². The van der Waals surface area contributed by atoms with Crippen LogP contribution in [0, 0.1) is 0 Å². The van der Waals surface area contributed by atoms with Crippen LogP contribution < -0.4 is 10.6 Å². The number of carbonyl (C=O) groups excluding carboxylic acids is 2. The van der Waals surface area contributed by atoms with Crippen LogP contribution in [-0.2, 0) is 9.59 Å². The first-order chi connectivity index (χ1) is 10.2. The smallest absolute Gasteiger partial charge is 0.221 e. The first kappa shape index (κ1) is 16.7. The van der Waals surface area contributed by atoms with Crippen molar-refractivity contribution in [2.24, 2.45) is 0 Å². The number of carbonyl (C=O) groups is 2. The van der Waals surface area contributed by atoms with E-state index in [-0.39, 0.29) is 11.8 Å². The predicted molar refractivity (Wildman–Crippen MR) is 87.4 cm³/mol. The normalized spacial score (nSPS) is 19.8. The van der Waals surface area contributed by atoms with E-state index in [4.69, 9.17) is 0 Å². The molecule has 0 spiro atoms. The standard InChI is InChI=1S/C16H28N2O2S/c19-15(17-13-5-1-2-6-13)9-11-21-12-10-16(20)18-14-7-3-4-8-14/h13-14H,1-12H2,(H,17,19)(H,18,20). The molecule has 2 aliphatic carbocycles. The van der Waals surface area contributed by atoms with E-state index >= 15 is 0 Å². The molecular formula is C16H28N2O2S. The third kappa shape index (κ3) is 6.72. The van der Waals surface area contributed by atoms with E-state index in [1.54, 1.807) is 11.8 Å². The van der Waals surface area contributed by atoms with Crippen molar-refractivity contribution in [2.45, 2.75) is 76.3 Å². The fraction of sp³-hybridized carbons (Fsp3) is 0.875. The summed E-state index contributed by atoms with van der Waals surface area (Å²) in [7, 11) is 0. The Labute approximate surface area is 132 Å². The van der Waals surface area contributed by atoms with Gasteiger partial charge in [-0.2, -0.15) is 11.8 Å². The fourth-order valence-corrected chi connectivity index (χ4v) is 4.04. The van der Waals surface area contributed by atoms with Crippen LogP contribution in [0.2, 0.25) is 0 Å². The summed E-state index contributed by atoms with van der Waals surface area (Å²) >= 11 is 1.70. The second-order valence-electron chi connectivity index (χ2n) is 6.21. The van der Waals surface area contributed by atoms with E-state index in [2.05, 4.69) is 10.6 Å². The summed E-state index contributed by atoms with van der Waals surface area (Å²) in [4.78, 5) is 23.4. The zero-order valence-electron chi connectivity index (χ0n) is 12.9. The van der Waals surface area contributed by atoms with Crippen LogP contribution in [0.5, 0.6) is 0 Å². The lowest BCUT2D eigenvalue weighted by molar-refractivity contribution is -0.122. The molecule has 0 aliphatic heterocycles. The van der Waals surface area contributed by atoms with Crippen molar-refractivity contribution in [1.82, 2.24) is 10.6 Å². The average Bonchev–Trinajstić information content (AvgIpc) is 3.12. The van der Waals surface area contributed by atoms with Crippen molar-refractivity contribution in [2.75, 3.05) is 11.5 Å². The van der Waals surface area contributed by atoms with Gasteiger partial charge in [0.2, 0.25) is 11.8 Å². The van der Waals surface area contributed by atoms with Gasteiger partial charge in [-0.3, -0.25) is 9.59 Å². The minimum absolute atomic E-state index is 0.171. The van der Waals surface area contributed by atoms with Gasteiger partial charge < -0.3 is 10.6 Å². The second kappa shape index (κ2) is 9.34. The zero-order chi connectivity index (χ0) is 14.9. The number of nitrogens with one attached hydrogen (secondary N) is 2. The number of amides is 2. The summed E-state index contributed by atoms with van der Waals surface area (Å²) < 4.78 is 0. The third-order valence-corrected chi connectivity index (χ3v) is 5.37. The summed E-state index contributed by atoms with van der Waals surface area (Å²) in [6, 6.07) is 0.833. The maximum Gasteiger partial charge on any atom is 0.221 e. The summed E-state index contributed by atoms with van der Waals surface area (Å²) in [5.74, 6) is 1.97. The quantitative estimate of drug-likeness (QED) is 0.677. The van der Waals surface area contributed by atoms with Gasteiger partial charge in [0.05, 0.1) is 0 Å². The zero-order valence-corrected chi connectivity index (χ0v) is 13.7. The van der Waals surface area contributed by atoms with Gasteiger partial charge in [-0.15, -0.1) is 0 Å². The van der Waals surface area contributed by atoms with Gasteiger partial charge >= 0.3 is 0 Å². The predicted octanol–water partition coefficient (Wildman–Crippen LogP) is 2.62. The highest BCUT2D eigenvalue weighted by molar-refractivity contribution is 7.99. The number of thioether (sulfide) groups is 1. The molecular weight excluding hydrogens is 284 g/mol. The molecule has 0 aromatic carbocycles.